The first-order valence-corrected chi connectivity index (χ1v) is 8.09. The molecule has 0 spiro atoms. The van der Waals surface area contributed by atoms with Gasteiger partial charge in [-0.15, -0.1) is 0 Å². The van der Waals surface area contributed by atoms with E-state index in [0.29, 0.717) is 36.5 Å². The molecule has 0 aliphatic carbocycles. The molecule has 1 aliphatic rings. The van der Waals surface area contributed by atoms with E-state index in [4.69, 9.17) is 0 Å². The molecule has 3 heterocycles. The Balaban J connectivity index is 1.71. The van der Waals surface area contributed by atoms with E-state index < -0.39 is 4.92 Å². The van der Waals surface area contributed by atoms with E-state index >= 15 is 0 Å². The Labute approximate surface area is 145 Å². The number of nitro groups is 1. The Bertz CT molecular complexity index is 814. The Morgan fingerprint density at radius 2 is 1.83 bits per heavy atom. The predicted molar refractivity (Wildman–Crippen MR) is 92.5 cm³/mol. The van der Waals surface area contributed by atoms with Crippen molar-refractivity contribution in [3.05, 3.63) is 49.5 Å². The third kappa shape index (κ3) is 3.09. The van der Waals surface area contributed by atoms with Crippen LogP contribution in [0.5, 0.6) is 0 Å². The van der Waals surface area contributed by atoms with Crippen LogP contribution in [0.2, 0.25) is 0 Å². The summed E-state index contributed by atoms with van der Waals surface area (Å²) in [6, 6.07) is 3.11. The zero-order chi connectivity index (χ0) is 17.3. The number of hydrogen-bond acceptors (Lipinski definition) is 7. The highest BCUT2D eigenvalue weighted by molar-refractivity contribution is 9.10. The molecule has 1 saturated heterocycles. The number of rotatable bonds is 3. The first kappa shape index (κ1) is 16.4. The van der Waals surface area contributed by atoms with Crippen LogP contribution in [-0.2, 0) is 7.05 Å². The van der Waals surface area contributed by atoms with Crippen LogP contribution in [0.3, 0.4) is 0 Å². The van der Waals surface area contributed by atoms with E-state index in [9.17, 15) is 14.9 Å². The zero-order valence-electron chi connectivity index (χ0n) is 12.9. The normalized spacial score (nSPS) is 14.8. The van der Waals surface area contributed by atoms with Crippen molar-refractivity contribution in [2.75, 3.05) is 36.0 Å². The maximum Gasteiger partial charge on any atom is 0.287 e. The lowest BCUT2D eigenvalue weighted by atomic mass is 10.2. The fraction of sp³-hybridized carbons (Fsp3) is 0.357. The molecule has 0 aromatic carbocycles. The summed E-state index contributed by atoms with van der Waals surface area (Å²) in [5.41, 5.74) is 0.578. The summed E-state index contributed by atoms with van der Waals surface area (Å²) in [5, 5.41) is 14.7. The number of piperazine rings is 1. The topological polar surface area (TPSA) is 97.4 Å². The van der Waals surface area contributed by atoms with Crippen LogP contribution in [-0.4, -0.2) is 45.9 Å². The second kappa shape index (κ2) is 6.56. The first-order chi connectivity index (χ1) is 11.5. The summed E-state index contributed by atoms with van der Waals surface area (Å²) in [4.78, 5) is 30.5. The fourth-order valence-electron chi connectivity index (χ4n) is 2.57. The van der Waals surface area contributed by atoms with Crippen LogP contribution in [0, 0.1) is 10.1 Å². The van der Waals surface area contributed by atoms with Gasteiger partial charge in [0.05, 0.1) is 16.8 Å². The first-order valence-electron chi connectivity index (χ1n) is 7.29. The molecule has 3 rings (SSSR count). The number of aromatic nitrogens is 3. The highest BCUT2D eigenvalue weighted by Crippen LogP contribution is 2.24. The van der Waals surface area contributed by atoms with Gasteiger partial charge in [0.25, 0.3) is 11.2 Å². The van der Waals surface area contributed by atoms with E-state index in [0.717, 1.165) is 5.69 Å². The molecule has 0 amide bonds. The van der Waals surface area contributed by atoms with Gasteiger partial charge in [0.2, 0.25) is 0 Å². The summed E-state index contributed by atoms with van der Waals surface area (Å²) >= 11 is 3.34. The molecule has 0 saturated carbocycles. The van der Waals surface area contributed by atoms with E-state index in [1.54, 1.807) is 19.3 Å². The number of nitrogens with zero attached hydrogens (tertiary/aromatic N) is 6. The molecule has 0 radical (unpaired) electrons. The van der Waals surface area contributed by atoms with Crippen LogP contribution >= 0.6 is 15.9 Å². The van der Waals surface area contributed by atoms with Crippen molar-refractivity contribution in [2.24, 2.45) is 7.05 Å². The number of halogens is 1. The maximum absolute atomic E-state index is 12.0. The van der Waals surface area contributed by atoms with Gasteiger partial charge in [-0.25, -0.2) is 9.67 Å². The van der Waals surface area contributed by atoms with Gasteiger partial charge in [0.15, 0.2) is 0 Å². The van der Waals surface area contributed by atoms with Gasteiger partial charge in [-0.1, -0.05) is 0 Å². The lowest BCUT2D eigenvalue weighted by molar-refractivity contribution is -0.385. The van der Waals surface area contributed by atoms with Gasteiger partial charge in [0, 0.05) is 39.3 Å². The van der Waals surface area contributed by atoms with Gasteiger partial charge in [-0.3, -0.25) is 14.9 Å². The molecule has 0 atom stereocenters. The Kier molecular flexibility index (Phi) is 4.47. The lowest BCUT2D eigenvalue weighted by Crippen LogP contribution is -2.47. The monoisotopic (exact) mass is 394 g/mol. The molecular formula is C14H15BrN6O3. The third-order valence-electron chi connectivity index (χ3n) is 3.95. The van der Waals surface area contributed by atoms with Crippen LogP contribution in [0.25, 0.3) is 0 Å². The van der Waals surface area contributed by atoms with E-state index in [-0.39, 0.29) is 11.2 Å². The molecule has 2 aromatic rings. The van der Waals surface area contributed by atoms with Crippen molar-refractivity contribution in [3.63, 3.8) is 0 Å². The van der Waals surface area contributed by atoms with Crippen LogP contribution in [0.15, 0.2) is 33.8 Å². The number of anilines is 2. The average Bonchev–Trinajstić information content (AvgIpc) is 2.60. The molecule has 9 nitrogen and oxygen atoms in total. The highest BCUT2D eigenvalue weighted by atomic mass is 79.9. The predicted octanol–water partition coefficient (Wildman–Crippen LogP) is 1.17. The molecule has 1 fully saturated rings. The van der Waals surface area contributed by atoms with E-state index in [2.05, 4.69) is 35.8 Å². The highest BCUT2D eigenvalue weighted by Gasteiger charge is 2.21. The second-order valence-electron chi connectivity index (χ2n) is 5.38. The van der Waals surface area contributed by atoms with Crippen molar-refractivity contribution in [1.29, 1.82) is 0 Å². The molecule has 0 bridgehead atoms. The smallest absolute Gasteiger partial charge is 0.287 e. The molecular weight excluding hydrogens is 380 g/mol. The van der Waals surface area contributed by atoms with Crippen LogP contribution < -0.4 is 15.4 Å². The molecule has 0 N–H and O–H groups in total. The van der Waals surface area contributed by atoms with Crippen molar-refractivity contribution in [2.45, 2.75) is 0 Å². The van der Waals surface area contributed by atoms with E-state index in [1.807, 2.05) is 0 Å². The van der Waals surface area contributed by atoms with Crippen molar-refractivity contribution < 1.29 is 4.92 Å². The summed E-state index contributed by atoms with van der Waals surface area (Å²) in [5.74, 6) is 0.710. The number of aryl methyl sites for hydroxylation is 1. The summed E-state index contributed by atoms with van der Waals surface area (Å²) < 4.78 is 1.78. The lowest BCUT2D eigenvalue weighted by Gasteiger charge is -2.36. The third-order valence-corrected chi connectivity index (χ3v) is 4.69. The number of hydrogen-bond donors (Lipinski definition) is 0. The van der Waals surface area contributed by atoms with Crippen LogP contribution in [0.4, 0.5) is 17.2 Å². The average molecular weight is 395 g/mol. The maximum atomic E-state index is 12.0. The molecule has 126 valence electrons. The molecule has 2 aromatic heterocycles. The SMILES string of the molecule is Cn1ncc(N2CCN(c3ccc([N+](=O)[O-])cn3)CC2)c(Br)c1=O. The minimum atomic E-state index is -0.463. The molecule has 24 heavy (non-hydrogen) atoms. The van der Waals surface area contributed by atoms with Gasteiger partial charge in [-0.2, -0.15) is 5.10 Å². The molecule has 0 unspecified atom stereocenters. The van der Waals surface area contributed by atoms with Gasteiger partial charge < -0.3 is 9.80 Å². The largest absolute Gasteiger partial charge is 0.366 e. The van der Waals surface area contributed by atoms with E-state index in [1.165, 1.54) is 16.9 Å². The quantitative estimate of drug-likeness (QED) is 0.569. The fourth-order valence-corrected chi connectivity index (χ4v) is 3.18. The van der Waals surface area contributed by atoms with Gasteiger partial charge in [0.1, 0.15) is 16.5 Å². The molecule has 10 heteroatoms. The Hall–Kier alpha value is -2.49. The second-order valence-corrected chi connectivity index (χ2v) is 6.17. The minimum absolute atomic E-state index is 0.0208. The zero-order valence-corrected chi connectivity index (χ0v) is 14.5. The van der Waals surface area contributed by atoms with Crippen LogP contribution in [0.1, 0.15) is 0 Å². The van der Waals surface area contributed by atoms with Crippen molar-refractivity contribution in [1.82, 2.24) is 14.8 Å². The van der Waals surface area contributed by atoms with Crippen molar-refractivity contribution in [3.8, 4) is 0 Å². The Morgan fingerprint density at radius 1 is 1.17 bits per heavy atom. The molecule has 1 aliphatic heterocycles. The standard InChI is InChI=1S/C14H15BrN6O3/c1-18-14(22)13(15)11(9-17-18)19-4-6-20(7-5-19)12-3-2-10(8-16-12)21(23)24/h2-3,8-9H,4-7H2,1H3. The van der Waals surface area contributed by atoms with Crippen molar-refractivity contribution >= 4 is 33.1 Å². The number of pyridine rings is 1. The summed E-state index contributed by atoms with van der Waals surface area (Å²) in [6.07, 6.45) is 2.94. The van der Waals surface area contributed by atoms with Gasteiger partial charge in [-0.05, 0) is 22.0 Å². The summed E-state index contributed by atoms with van der Waals surface area (Å²) in [7, 11) is 1.61. The Morgan fingerprint density at radius 3 is 2.42 bits per heavy atom. The minimum Gasteiger partial charge on any atom is -0.366 e. The van der Waals surface area contributed by atoms with Gasteiger partial charge >= 0.3 is 0 Å². The summed E-state index contributed by atoms with van der Waals surface area (Å²) in [6.45, 7) is 2.80.